The number of halogens is 5. The predicted molar refractivity (Wildman–Crippen MR) is 190 cm³/mol. The van der Waals surface area contributed by atoms with Crippen molar-refractivity contribution in [2.45, 2.75) is 127 Å². The van der Waals surface area contributed by atoms with Crippen molar-refractivity contribution in [3.05, 3.63) is 29.3 Å². The van der Waals surface area contributed by atoms with Gasteiger partial charge in [-0.05, 0) is 129 Å². The standard InChI is InChI=1S/C39H55F5N2O6S/c1-37-16-12-31-30-9-8-29(52-36(49)45-18-13-28(14-19-45)46-17-3-2-7-34(46)48)25-27(30)24-26(35(31)32(37)10-11-33(37)51-21-20-47)6-4-22-53(50)23-5-15-38(40,41)39(42,43)44/h8-9,25-26,28,31-33,35,47H,2-7,10-24H2,1H3/t26-,31-,32+,33+,35-,37+,53?/m1/s1. The summed E-state index contributed by atoms with van der Waals surface area (Å²) in [5.74, 6) is -2.87. The van der Waals surface area contributed by atoms with Gasteiger partial charge in [0.1, 0.15) is 5.75 Å². The molecule has 7 atom stereocenters. The zero-order valence-corrected chi connectivity index (χ0v) is 31.5. The summed E-state index contributed by atoms with van der Waals surface area (Å²) < 4.78 is 89.4. The first kappa shape index (κ1) is 40.3. The third kappa shape index (κ3) is 8.90. The zero-order chi connectivity index (χ0) is 38.0. The Kier molecular flexibility index (Phi) is 12.8. The van der Waals surface area contributed by atoms with E-state index in [1.54, 1.807) is 4.90 Å². The van der Waals surface area contributed by atoms with Crippen LogP contribution in [0, 0.1) is 23.2 Å². The van der Waals surface area contributed by atoms with E-state index < -0.39 is 41.8 Å². The second-order valence-electron chi connectivity index (χ2n) is 16.2. The van der Waals surface area contributed by atoms with Gasteiger partial charge >= 0.3 is 18.2 Å². The lowest BCUT2D eigenvalue weighted by atomic mass is 9.52. The highest BCUT2D eigenvalue weighted by Crippen LogP contribution is 2.63. The Bertz CT molecular complexity index is 1470. The van der Waals surface area contributed by atoms with Crippen molar-refractivity contribution in [3.8, 4) is 5.75 Å². The van der Waals surface area contributed by atoms with Crippen LogP contribution in [0.25, 0.3) is 0 Å². The minimum absolute atomic E-state index is 0.0327. The molecule has 1 unspecified atom stereocenters. The molecule has 2 amide bonds. The number of fused-ring (bicyclic) bond motifs is 5. The van der Waals surface area contributed by atoms with Crippen molar-refractivity contribution in [1.82, 2.24) is 9.80 Å². The van der Waals surface area contributed by atoms with Gasteiger partial charge in [0.05, 0.1) is 19.3 Å². The molecule has 2 heterocycles. The highest BCUT2D eigenvalue weighted by atomic mass is 32.2. The van der Waals surface area contributed by atoms with E-state index in [0.717, 1.165) is 76.3 Å². The molecule has 1 N–H and O–H groups in total. The smallest absolute Gasteiger partial charge is 0.410 e. The number of carbonyl (C=O) groups is 2. The molecule has 4 fully saturated rings. The third-order valence-electron chi connectivity index (χ3n) is 13.1. The molecule has 298 valence electrons. The minimum Gasteiger partial charge on any atom is -0.410 e. The Hall–Kier alpha value is -2.32. The number of hydrogen-bond donors (Lipinski definition) is 1. The number of aliphatic hydroxyl groups is 1. The molecule has 0 aromatic heterocycles. The quantitative estimate of drug-likeness (QED) is 0.207. The molecule has 0 spiro atoms. The van der Waals surface area contributed by atoms with Crippen molar-refractivity contribution in [2.75, 3.05) is 44.4 Å². The molecule has 1 aromatic rings. The van der Waals surface area contributed by atoms with Gasteiger partial charge in [0.2, 0.25) is 5.91 Å². The highest BCUT2D eigenvalue weighted by Gasteiger charge is 2.58. The van der Waals surface area contributed by atoms with Gasteiger partial charge in [-0.2, -0.15) is 22.0 Å². The van der Waals surface area contributed by atoms with Crippen LogP contribution in [0.4, 0.5) is 26.7 Å². The first-order chi connectivity index (χ1) is 25.2. The van der Waals surface area contributed by atoms with Crippen molar-refractivity contribution in [2.24, 2.45) is 23.2 Å². The molecule has 53 heavy (non-hydrogen) atoms. The molecule has 14 heteroatoms. The summed E-state index contributed by atoms with van der Waals surface area (Å²) in [7, 11) is -1.51. The first-order valence-electron chi connectivity index (χ1n) is 19.6. The molecule has 1 aromatic carbocycles. The van der Waals surface area contributed by atoms with E-state index in [1.165, 1.54) is 5.56 Å². The van der Waals surface area contributed by atoms with E-state index in [0.29, 0.717) is 50.1 Å². The predicted octanol–water partition coefficient (Wildman–Crippen LogP) is 7.63. The Morgan fingerprint density at radius 1 is 1.02 bits per heavy atom. The van der Waals surface area contributed by atoms with Gasteiger partial charge in [0, 0.05) is 60.8 Å². The lowest BCUT2D eigenvalue weighted by molar-refractivity contribution is -0.284. The van der Waals surface area contributed by atoms with E-state index in [9.17, 15) is 40.9 Å². The molecule has 2 saturated heterocycles. The zero-order valence-electron chi connectivity index (χ0n) is 30.7. The number of piperidine rings is 2. The Balaban J connectivity index is 1.11. The number of benzene rings is 1. The monoisotopic (exact) mass is 774 g/mol. The van der Waals surface area contributed by atoms with Crippen LogP contribution >= 0.6 is 0 Å². The average molecular weight is 775 g/mol. The lowest BCUT2D eigenvalue weighted by Crippen LogP contribution is -2.50. The third-order valence-corrected chi connectivity index (χ3v) is 14.6. The summed E-state index contributed by atoms with van der Waals surface area (Å²) in [6.45, 7) is 4.41. The Morgan fingerprint density at radius 2 is 1.77 bits per heavy atom. The van der Waals surface area contributed by atoms with Crippen LogP contribution in [0.15, 0.2) is 18.2 Å². The SMILES string of the molecule is C[C@]12CC[C@@H]3c4ccc(OC(=O)N5CCC(N6CCCCC6=O)CC5)cc4C[C@@H](CCCS(=O)CCCC(F)(F)C(F)(F)F)[C@H]3[C@@H]1CC[C@@H]2OCCO. The molecule has 8 nitrogen and oxygen atoms in total. The molecule has 2 saturated carbocycles. The van der Waals surface area contributed by atoms with E-state index >= 15 is 0 Å². The van der Waals surface area contributed by atoms with Gasteiger partial charge in [-0.3, -0.25) is 9.00 Å². The number of aliphatic hydroxyl groups excluding tert-OH is 1. The summed E-state index contributed by atoms with van der Waals surface area (Å²) >= 11 is 0. The molecule has 0 bridgehead atoms. The highest BCUT2D eigenvalue weighted by molar-refractivity contribution is 7.84. The molecule has 6 rings (SSSR count). The van der Waals surface area contributed by atoms with Crippen LogP contribution in [-0.4, -0.2) is 99.7 Å². The van der Waals surface area contributed by atoms with Gasteiger partial charge in [0.25, 0.3) is 0 Å². The number of hydrogen-bond acceptors (Lipinski definition) is 6. The maximum Gasteiger partial charge on any atom is 0.453 e. The summed E-state index contributed by atoms with van der Waals surface area (Å²) in [6.07, 6.45) is 2.10. The first-order valence-corrected chi connectivity index (χ1v) is 21.1. The summed E-state index contributed by atoms with van der Waals surface area (Å²) in [5.41, 5.74) is 2.33. The average Bonchev–Trinajstić information content (AvgIpc) is 3.46. The maximum absolute atomic E-state index is 13.4. The van der Waals surface area contributed by atoms with Crippen LogP contribution < -0.4 is 4.74 Å². The normalized spacial score (nSPS) is 30.1. The minimum atomic E-state index is -5.61. The van der Waals surface area contributed by atoms with Gasteiger partial charge in [-0.25, -0.2) is 4.79 Å². The van der Waals surface area contributed by atoms with Crippen LogP contribution in [-0.2, 0) is 26.8 Å². The van der Waals surface area contributed by atoms with E-state index in [2.05, 4.69) is 13.0 Å². The lowest BCUT2D eigenvalue weighted by Gasteiger charge is -2.53. The Morgan fingerprint density at radius 3 is 2.49 bits per heavy atom. The van der Waals surface area contributed by atoms with Crippen molar-refractivity contribution in [1.29, 1.82) is 0 Å². The number of nitrogens with zero attached hydrogens (tertiary/aromatic N) is 2. The molecule has 5 aliphatic rings. The second kappa shape index (κ2) is 16.8. The van der Waals surface area contributed by atoms with E-state index in [4.69, 9.17) is 9.47 Å². The molecule has 3 aliphatic carbocycles. The van der Waals surface area contributed by atoms with E-state index in [-0.39, 0.29) is 53.4 Å². The van der Waals surface area contributed by atoms with Gasteiger partial charge in [-0.1, -0.05) is 13.0 Å². The van der Waals surface area contributed by atoms with Gasteiger partial charge in [-0.15, -0.1) is 0 Å². The largest absolute Gasteiger partial charge is 0.453 e. The van der Waals surface area contributed by atoms with Gasteiger partial charge < -0.3 is 24.4 Å². The summed E-state index contributed by atoms with van der Waals surface area (Å²) in [6, 6.07) is 6.12. The van der Waals surface area contributed by atoms with Crippen LogP contribution in [0.2, 0.25) is 0 Å². The number of alkyl halides is 5. The number of rotatable bonds is 13. The number of carbonyl (C=O) groups excluding carboxylic acids is 2. The molecule has 2 aliphatic heterocycles. The fourth-order valence-electron chi connectivity index (χ4n) is 10.5. The molecule has 0 radical (unpaired) electrons. The van der Waals surface area contributed by atoms with Crippen molar-refractivity contribution in [3.63, 3.8) is 0 Å². The second-order valence-corrected chi connectivity index (χ2v) is 17.9. The van der Waals surface area contributed by atoms with E-state index in [1.807, 2.05) is 17.0 Å². The van der Waals surface area contributed by atoms with Crippen molar-refractivity contribution < 1.29 is 50.3 Å². The maximum atomic E-state index is 13.4. The van der Waals surface area contributed by atoms with Crippen LogP contribution in [0.3, 0.4) is 0 Å². The molecular formula is C39H55F5N2O6S. The number of amides is 2. The summed E-state index contributed by atoms with van der Waals surface area (Å²) in [5, 5.41) is 9.45. The number of likely N-dealkylation sites (tertiary alicyclic amines) is 2. The van der Waals surface area contributed by atoms with Crippen LogP contribution in [0.1, 0.15) is 107 Å². The fraction of sp³-hybridized carbons (Fsp3) is 0.795. The molecular weight excluding hydrogens is 719 g/mol. The topological polar surface area (TPSA) is 96.4 Å². The summed E-state index contributed by atoms with van der Waals surface area (Å²) in [4.78, 5) is 29.4. The van der Waals surface area contributed by atoms with Gasteiger partial charge in [0.15, 0.2) is 0 Å². The van der Waals surface area contributed by atoms with Crippen molar-refractivity contribution >= 4 is 22.8 Å². The van der Waals surface area contributed by atoms with Crippen LogP contribution in [0.5, 0.6) is 5.75 Å². The number of ether oxygens (including phenoxy) is 2. The Labute approximate surface area is 312 Å². The fourth-order valence-corrected chi connectivity index (χ4v) is 11.6.